The Morgan fingerprint density at radius 2 is 2.31 bits per heavy atom. The molecule has 0 radical (unpaired) electrons. The van der Waals surface area contributed by atoms with Crippen molar-refractivity contribution in [3.63, 3.8) is 0 Å². The lowest BCUT2D eigenvalue weighted by Gasteiger charge is -1.94. The summed E-state index contributed by atoms with van der Waals surface area (Å²) >= 11 is 7.09. The molecule has 2 heterocycles. The van der Waals surface area contributed by atoms with E-state index in [1.165, 1.54) is 17.5 Å². The number of halogens is 1. The van der Waals surface area contributed by atoms with Crippen molar-refractivity contribution in [3.8, 4) is 10.7 Å². The maximum Gasteiger partial charge on any atom is 0.309 e. The smallest absolute Gasteiger partial charge is 0.309 e. The highest BCUT2D eigenvalue weighted by Gasteiger charge is 2.08. The number of rotatable bonds is 3. The van der Waals surface area contributed by atoms with Gasteiger partial charge in [0.25, 0.3) is 0 Å². The molecule has 0 aromatic carbocycles. The highest BCUT2D eigenvalue weighted by Crippen LogP contribution is 2.22. The monoisotopic (exact) mass is 254 g/mol. The van der Waals surface area contributed by atoms with Crippen LogP contribution in [0.2, 0.25) is 5.02 Å². The van der Waals surface area contributed by atoms with Crippen molar-refractivity contribution in [1.82, 2.24) is 9.97 Å². The molecule has 4 nitrogen and oxygen atoms in total. The standard InChI is InChI=1S/C10H7ClN2O2S/c11-6-1-2-8(12-4-6)10-13-7(5-16-10)3-9(14)15/h1-2,4-5H,3H2,(H,14,15). The van der Waals surface area contributed by atoms with Crippen LogP contribution in [0.15, 0.2) is 23.7 Å². The molecule has 0 aliphatic heterocycles. The highest BCUT2D eigenvalue weighted by atomic mass is 35.5. The molecule has 0 fully saturated rings. The molecular formula is C10H7ClN2O2S. The van der Waals surface area contributed by atoms with E-state index in [0.29, 0.717) is 21.4 Å². The molecule has 0 aliphatic rings. The SMILES string of the molecule is O=C(O)Cc1csc(-c2ccc(Cl)cn2)n1. The molecule has 0 aliphatic carbocycles. The summed E-state index contributed by atoms with van der Waals surface area (Å²) in [5.74, 6) is -0.888. The number of carbonyl (C=O) groups is 1. The van der Waals surface area contributed by atoms with Gasteiger partial charge in [-0.05, 0) is 12.1 Å². The van der Waals surface area contributed by atoms with Crippen molar-refractivity contribution in [2.45, 2.75) is 6.42 Å². The minimum absolute atomic E-state index is 0.0654. The van der Waals surface area contributed by atoms with Crippen LogP contribution in [0, 0.1) is 0 Å². The third-order valence-corrected chi connectivity index (χ3v) is 2.97. The lowest BCUT2D eigenvalue weighted by atomic mass is 10.3. The molecule has 2 aromatic rings. The molecule has 0 atom stereocenters. The van der Waals surface area contributed by atoms with E-state index in [1.807, 2.05) is 0 Å². The highest BCUT2D eigenvalue weighted by molar-refractivity contribution is 7.13. The van der Waals surface area contributed by atoms with Gasteiger partial charge in [-0.15, -0.1) is 11.3 Å². The number of aromatic nitrogens is 2. The van der Waals surface area contributed by atoms with Crippen LogP contribution >= 0.6 is 22.9 Å². The Balaban J connectivity index is 2.24. The van der Waals surface area contributed by atoms with E-state index < -0.39 is 5.97 Å². The molecule has 2 aromatic heterocycles. The van der Waals surface area contributed by atoms with Crippen LogP contribution in [0.3, 0.4) is 0 Å². The average molecular weight is 255 g/mol. The number of hydrogen-bond acceptors (Lipinski definition) is 4. The molecule has 1 N–H and O–H groups in total. The zero-order valence-corrected chi connectivity index (χ0v) is 9.63. The van der Waals surface area contributed by atoms with Crippen LogP contribution < -0.4 is 0 Å². The lowest BCUT2D eigenvalue weighted by Crippen LogP contribution is -1.99. The van der Waals surface area contributed by atoms with E-state index >= 15 is 0 Å². The third kappa shape index (κ3) is 2.56. The van der Waals surface area contributed by atoms with Gasteiger partial charge in [0.05, 0.1) is 22.8 Å². The van der Waals surface area contributed by atoms with Crippen LogP contribution in [0.1, 0.15) is 5.69 Å². The van der Waals surface area contributed by atoms with E-state index in [0.717, 1.165) is 0 Å². The fourth-order valence-corrected chi connectivity index (χ4v) is 2.07. The van der Waals surface area contributed by atoms with Crippen molar-refractivity contribution in [1.29, 1.82) is 0 Å². The molecule has 0 saturated carbocycles. The first-order valence-corrected chi connectivity index (χ1v) is 5.69. The van der Waals surface area contributed by atoms with Gasteiger partial charge in [0, 0.05) is 11.6 Å². The fourth-order valence-electron chi connectivity index (χ4n) is 1.16. The first-order chi connectivity index (χ1) is 7.65. The van der Waals surface area contributed by atoms with E-state index in [9.17, 15) is 4.79 Å². The summed E-state index contributed by atoms with van der Waals surface area (Å²) in [6, 6.07) is 3.48. The van der Waals surface area contributed by atoms with E-state index in [-0.39, 0.29) is 6.42 Å². The molecular weight excluding hydrogens is 248 g/mol. The quantitative estimate of drug-likeness (QED) is 0.914. The fraction of sp³-hybridized carbons (Fsp3) is 0.100. The van der Waals surface area contributed by atoms with Crippen molar-refractivity contribution in [3.05, 3.63) is 34.4 Å². The maximum atomic E-state index is 10.5. The molecule has 0 amide bonds. The Kier molecular flexibility index (Phi) is 3.17. The second kappa shape index (κ2) is 4.59. The predicted octanol–water partition coefficient (Wildman–Crippen LogP) is 2.49. The zero-order chi connectivity index (χ0) is 11.5. The van der Waals surface area contributed by atoms with Crippen LogP contribution in [0.25, 0.3) is 10.7 Å². The van der Waals surface area contributed by atoms with Gasteiger partial charge in [-0.25, -0.2) is 4.98 Å². The number of pyridine rings is 1. The minimum atomic E-state index is -0.888. The summed E-state index contributed by atoms with van der Waals surface area (Å²) in [6.07, 6.45) is 1.47. The van der Waals surface area contributed by atoms with Crippen molar-refractivity contribution >= 4 is 28.9 Å². The number of nitrogens with zero attached hydrogens (tertiary/aromatic N) is 2. The first kappa shape index (κ1) is 11.0. The summed E-state index contributed by atoms with van der Waals surface area (Å²) in [4.78, 5) is 18.8. The van der Waals surface area contributed by atoms with E-state index in [4.69, 9.17) is 16.7 Å². The normalized spacial score (nSPS) is 10.3. The van der Waals surface area contributed by atoms with Crippen molar-refractivity contribution < 1.29 is 9.90 Å². The summed E-state index contributed by atoms with van der Waals surface area (Å²) < 4.78 is 0. The number of thiazole rings is 1. The Bertz CT molecular complexity index is 510. The topological polar surface area (TPSA) is 63.1 Å². The molecule has 16 heavy (non-hydrogen) atoms. The van der Waals surface area contributed by atoms with E-state index in [2.05, 4.69) is 9.97 Å². The number of hydrogen-bond donors (Lipinski definition) is 1. The average Bonchev–Trinajstić information content (AvgIpc) is 2.66. The Morgan fingerprint density at radius 1 is 1.50 bits per heavy atom. The molecule has 0 unspecified atom stereocenters. The summed E-state index contributed by atoms with van der Waals surface area (Å²) in [7, 11) is 0. The van der Waals surface area contributed by atoms with Gasteiger partial charge in [0.15, 0.2) is 0 Å². The van der Waals surface area contributed by atoms with Gasteiger partial charge < -0.3 is 5.11 Å². The van der Waals surface area contributed by atoms with Gasteiger partial charge in [-0.1, -0.05) is 11.6 Å². The zero-order valence-electron chi connectivity index (χ0n) is 8.05. The summed E-state index contributed by atoms with van der Waals surface area (Å²) in [5, 5.41) is 11.6. The largest absolute Gasteiger partial charge is 0.481 e. The van der Waals surface area contributed by atoms with Crippen molar-refractivity contribution in [2.24, 2.45) is 0 Å². The number of carboxylic acid groups (broad SMARTS) is 1. The Hall–Kier alpha value is -1.46. The number of aliphatic carboxylic acids is 1. The Labute approximate surface area is 101 Å². The maximum absolute atomic E-state index is 10.5. The van der Waals surface area contributed by atoms with Crippen LogP contribution in [0.4, 0.5) is 0 Å². The Morgan fingerprint density at radius 3 is 2.94 bits per heavy atom. The summed E-state index contributed by atoms with van der Waals surface area (Å²) in [5.41, 5.74) is 1.25. The van der Waals surface area contributed by atoms with Crippen LogP contribution in [-0.2, 0) is 11.2 Å². The van der Waals surface area contributed by atoms with Gasteiger partial charge in [-0.2, -0.15) is 0 Å². The lowest BCUT2D eigenvalue weighted by molar-refractivity contribution is -0.136. The number of carboxylic acids is 1. The van der Waals surface area contributed by atoms with Crippen LogP contribution in [-0.4, -0.2) is 21.0 Å². The predicted molar refractivity (Wildman–Crippen MR) is 61.7 cm³/mol. The molecule has 0 spiro atoms. The van der Waals surface area contributed by atoms with Gasteiger partial charge in [0.1, 0.15) is 5.01 Å². The van der Waals surface area contributed by atoms with Gasteiger partial charge in [-0.3, -0.25) is 9.78 Å². The second-order valence-corrected chi connectivity index (χ2v) is 4.37. The molecule has 82 valence electrons. The molecule has 0 saturated heterocycles. The van der Waals surface area contributed by atoms with E-state index in [1.54, 1.807) is 17.5 Å². The van der Waals surface area contributed by atoms with Crippen molar-refractivity contribution in [2.75, 3.05) is 0 Å². The van der Waals surface area contributed by atoms with Gasteiger partial charge in [0.2, 0.25) is 0 Å². The molecule has 0 bridgehead atoms. The third-order valence-electron chi connectivity index (χ3n) is 1.83. The minimum Gasteiger partial charge on any atom is -0.481 e. The van der Waals surface area contributed by atoms with Gasteiger partial charge >= 0.3 is 5.97 Å². The first-order valence-electron chi connectivity index (χ1n) is 4.43. The van der Waals surface area contributed by atoms with Crippen LogP contribution in [0.5, 0.6) is 0 Å². The second-order valence-electron chi connectivity index (χ2n) is 3.08. The molecule has 2 rings (SSSR count). The summed E-state index contributed by atoms with van der Waals surface area (Å²) in [6.45, 7) is 0. The molecule has 6 heteroatoms.